The van der Waals surface area contributed by atoms with Gasteiger partial charge in [0.1, 0.15) is 0 Å². The second-order valence-electron chi connectivity index (χ2n) is 4.15. The Balaban J connectivity index is 3.02. The zero-order chi connectivity index (χ0) is 12.3. The van der Waals surface area contributed by atoms with E-state index in [1.807, 2.05) is 26.8 Å². The van der Waals surface area contributed by atoms with Crippen molar-refractivity contribution in [2.24, 2.45) is 0 Å². The molecule has 0 aliphatic heterocycles. The van der Waals surface area contributed by atoms with Crippen molar-refractivity contribution in [3.63, 3.8) is 0 Å². The number of nitrogens with one attached hydrogen (secondary N) is 1. The third-order valence-corrected chi connectivity index (χ3v) is 2.93. The average Bonchev–Trinajstić information content (AvgIpc) is 2.16. The lowest BCUT2D eigenvalue weighted by Gasteiger charge is -2.27. The summed E-state index contributed by atoms with van der Waals surface area (Å²) in [6.45, 7) is 5.64. The van der Waals surface area contributed by atoms with Gasteiger partial charge in [-0.15, -0.1) is 0 Å². The Hall–Kier alpha value is -0.730. The quantitative estimate of drug-likeness (QED) is 0.880. The Labute approximate surface area is 106 Å². The van der Waals surface area contributed by atoms with Gasteiger partial charge in [0, 0.05) is 16.5 Å². The number of carbonyl (C=O) groups is 1. The maximum atomic E-state index is 11.4. The lowest BCUT2D eigenvalue weighted by Crippen LogP contribution is -2.40. The van der Waals surface area contributed by atoms with Gasteiger partial charge in [0.05, 0.1) is 5.54 Å². The van der Waals surface area contributed by atoms with Gasteiger partial charge >= 0.3 is 0 Å². The molecule has 0 fully saturated rings. The summed E-state index contributed by atoms with van der Waals surface area (Å²) in [5, 5.41) is 4.07. The number of hydrogen-bond donors (Lipinski definition) is 1. The molecule has 1 rings (SSSR count). The molecule has 1 aromatic rings. The smallest absolute Gasteiger partial charge is 0.220 e. The third-order valence-electron chi connectivity index (χ3n) is 2.38. The molecule has 4 heteroatoms. The van der Waals surface area contributed by atoms with Crippen LogP contribution < -0.4 is 5.32 Å². The number of hydrogen-bond acceptors (Lipinski definition) is 1. The summed E-state index contributed by atoms with van der Waals surface area (Å²) in [6, 6.07) is 5.28. The van der Waals surface area contributed by atoms with Crippen molar-refractivity contribution >= 4 is 29.1 Å². The molecule has 2 nitrogen and oxygen atoms in total. The van der Waals surface area contributed by atoms with E-state index in [1.165, 1.54) is 0 Å². The maximum Gasteiger partial charge on any atom is 0.220 e. The molecule has 0 atom stereocenters. The average molecular weight is 260 g/mol. The molecule has 16 heavy (non-hydrogen) atoms. The molecule has 0 saturated heterocycles. The Morgan fingerprint density at radius 1 is 1.38 bits per heavy atom. The summed E-state index contributed by atoms with van der Waals surface area (Å²) in [6.07, 6.45) is 0.453. The first-order valence-electron chi connectivity index (χ1n) is 5.13. The van der Waals surface area contributed by atoms with E-state index < -0.39 is 5.54 Å². The number of benzene rings is 1. The summed E-state index contributed by atoms with van der Waals surface area (Å²) in [7, 11) is 0. The highest BCUT2D eigenvalue weighted by atomic mass is 35.5. The molecule has 0 bridgehead atoms. The van der Waals surface area contributed by atoms with Crippen LogP contribution in [-0.2, 0) is 10.3 Å². The van der Waals surface area contributed by atoms with E-state index in [4.69, 9.17) is 23.2 Å². The summed E-state index contributed by atoms with van der Waals surface area (Å²) in [5.41, 5.74) is 0.370. The van der Waals surface area contributed by atoms with E-state index >= 15 is 0 Å². The highest BCUT2D eigenvalue weighted by Crippen LogP contribution is 2.30. The molecular formula is C12H15Cl2NO. The summed E-state index contributed by atoms with van der Waals surface area (Å²) in [5.74, 6) is -0.00369. The summed E-state index contributed by atoms with van der Waals surface area (Å²) in [4.78, 5) is 11.4. The van der Waals surface area contributed by atoms with E-state index in [9.17, 15) is 4.79 Å². The fourth-order valence-corrected chi connectivity index (χ4v) is 2.15. The Morgan fingerprint density at radius 3 is 2.50 bits per heavy atom. The van der Waals surface area contributed by atoms with Gasteiger partial charge in [-0.25, -0.2) is 0 Å². The molecule has 0 radical (unpaired) electrons. The Bertz CT molecular complexity index is 402. The van der Waals surface area contributed by atoms with Crippen LogP contribution in [0.2, 0.25) is 10.0 Å². The normalized spacial score (nSPS) is 11.3. The molecular weight excluding hydrogens is 245 g/mol. The van der Waals surface area contributed by atoms with Crippen molar-refractivity contribution in [2.45, 2.75) is 32.7 Å². The number of carbonyl (C=O) groups excluding carboxylic acids is 1. The van der Waals surface area contributed by atoms with Crippen molar-refractivity contribution in [2.75, 3.05) is 0 Å². The topological polar surface area (TPSA) is 29.1 Å². The lowest BCUT2D eigenvalue weighted by molar-refractivity contribution is -0.122. The third kappa shape index (κ3) is 3.13. The first-order valence-corrected chi connectivity index (χ1v) is 5.89. The van der Waals surface area contributed by atoms with Gasteiger partial charge in [-0.05, 0) is 31.5 Å². The van der Waals surface area contributed by atoms with Crippen molar-refractivity contribution in [1.82, 2.24) is 5.32 Å². The Kier molecular flexibility index (Phi) is 4.22. The van der Waals surface area contributed by atoms with Crippen LogP contribution in [0.5, 0.6) is 0 Å². The largest absolute Gasteiger partial charge is 0.347 e. The monoisotopic (exact) mass is 259 g/mol. The zero-order valence-electron chi connectivity index (χ0n) is 9.60. The lowest BCUT2D eigenvalue weighted by atomic mass is 9.94. The van der Waals surface area contributed by atoms with Crippen molar-refractivity contribution in [1.29, 1.82) is 0 Å². The van der Waals surface area contributed by atoms with Crippen LogP contribution >= 0.6 is 23.2 Å². The first kappa shape index (κ1) is 13.3. The molecule has 0 spiro atoms. The van der Waals surface area contributed by atoms with Gasteiger partial charge in [0.15, 0.2) is 0 Å². The maximum absolute atomic E-state index is 11.4. The van der Waals surface area contributed by atoms with Gasteiger partial charge in [0.25, 0.3) is 0 Å². The minimum Gasteiger partial charge on any atom is -0.347 e. The second kappa shape index (κ2) is 5.07. The SMILES string of the molecule is CCC(=O)NC(C)(C)c1ccc(Cl)cc1Cl. The van der Waals surface area contributed by atoms with Gasteiger partial charge in [-0.1, -0.05) is 36.2 Å². The van der Waals surface area contributed by atoms with Crippen LogP contribution in [0.4, 0.5) is 0 Å². The second-order valence-corrected chi connectivity index (χ2v) is 4.99. The number of halogens is 2. The molecule has 0 aliphatic carbocycles. The van der Waals surface area contributed by atoms with E-state index in [0.717, 1.165) is 5.56 Å². The van der Waals surface area contributed by atoms with Gasteiger partial charge in [-0.2, -0.15) is 0 Å². The van der Waals surface area contributed by atoms with Gasteiger partial charge in [-0.3, -0.25) is 4.79 Å². The number of amides is 1. The zero-order valence-corrected chi connectivity index (χ0v) is 11.1. The Morgan fingerprint density at radius 2 is 2.00 bits per heavy atom. The van der Waals surface area contributed by atoms with Crippen LogP contribution in [-0.4, -0.2) is 5.91 Å². The fourth-order valence-electron chi connectivity index (χ4n) is 1.50. The summed E-state index contributed by atoms with van der Waals surface area (Å²) >= 11 is 11.9. The van der Waals surface area contributed by atoms with Crippen LogP contribution in [0.1, 0.15) is 32.8 Å². The van der Waals surface area contributed by atoms with Gasteiger partial charge in [0.2, 0.25) is 5.91 Å². The standard InChI is InChI=1S/C12H15Cl2NO/c1-4-11(16)15-12(2,3)9-6-5-8(13)7-10(9)14/h5-7H,4H2,1-3H3,(H,15,16). The van der Waals surface area contributed by atoms with Crippen LogP contribution in [0.25, 0.3) is 0 Å². The van der Waals surface area contributed by atoms with Gasteiger partial charge < -0.3 is 5.32 Å². The highest BCUT2D eigenvalue weighted by Gasteiger charge is 2.24. The molecule has 0 aliphatic rings. The molecule has 0 saturated carbocycles. The van der Waals surface area contributed by atoms with Crippen molar-refractivity contribution < 1.29 is 4.79 Å². The molecule has 0 heterocycles. The molecule has 0 unspecified atom stereocenters. The molecule has 0 aromatic heterocycles. The predicted octanol–water partition coefficient (Wildman–Crippen LogP) is 3.75. The summed E-state index contributed by atoms with van der Waals surface area (Å²) < 4.78 is 0. The van der Waals surface area contributed by atoms with Crippen molar-refractivity contribution in [3.8, 4) is 0 Å². The van der Waals surface area contributed by atoms with Crippen LogP contribution in [0.3, 0.4) is 0 Å². The van der Waals surface area contributed by atoms with E-state index in [0.29, 0.717) is 16.5 Å². The van der Waals surface area contributed by atoms with Crippen molar-refractivity contribution in [3.05, 3.63) is 33.8 Å². The van der Waals surface area contributed by atoms with E-state index in [-0.39, 0.29) is 5.91 Å². The fraction of sp³-hybridized carbons (Fsp3) is 0.417. The van der Waals surface area contributed by atoms with E-state index in [1.54, 1.807) is 12.1 Å². The molecule has 88 valence electrons. The predicted molar refractivity (Wildman–Crippen MR) is 67.9 cm³/mol. The minimum absolute atomic E-state index is 0.00369. The first-order chi connectivity index (χ1) is 7.36. The molecule has 1 amide bonds. The minimum atomic E-state index is -0.491. The molecule has 1 aromatic carbocycles. The highest BCUT2D eigenvalue weighted by molar-refractivity contribution is 6.35. The van der Waals surface area contributed by atoms with Crippen LogP contribution in [0, 0.1) is 0 Å². The van der Waals surface area contributed by atoms with Crippen LogP contribution in [0.15, 0.2) is 18.2 Å². The number of rotatable bonds is 3. The van der Waals surface area contributed by atoms with E-state index in [2.05, 4.69) is 5.32 Å². The molecule has 1 N–H and O–H groups in total.